The Morgan fingerprint density at radius 1 is 0.831 bits per heavy atom. The summed E-state index contributed by atoms with van der Waals surface area (Å²) in [6.07, 6.45) is -17.3. The maximum absolute atomic E-state index is 16.4. The van der Waals surface area contributed by atoms with Gasteiger partial charge < -0.3 is 70.1 Å². The highest BCUT2D eigenvalue weighted by atomic mass is 31.1. The zero-order chi connectivity index (χ0) is 63.8. The van der Waals surface area contributed by atoms with Gasteiger partial charge in [-0.2, -0.15) is 0 Å². The molecule has 3 fully saturated rings. The molecule has 0 radical (unpaired) electrons. The van der Waals surface area contributed by atoms with E-state index in [1.807, 2.05) is 0 Å². The van der Waals surface area contributed by atoms with E-state index in [0.717, 1.165) is 39.2 Å². The number of carbonyl (C=O) groups excluding carboxylic acids is 6. The van der Waals surface area contributed by atoms with Crippen LogP contribution in [-0.4, -0.2) is 224 Å². The van der Waals surface area contributed by atoms with Crippen LogP contribution < -0.4 is 26.4 Å². The van der Waals surface area contributed by atoms with E-state index in [1.54, 1.807) is 0 Å². The fraction of sp³-hybridized carbons (Fsp3) is 0.479. The Balaban J connectivity index is 0.760. The Morgan fingerprint density at radius 3 is 2.27 bits per heavy atom. The van der Waals surface area contributed by atoms with Crippen LogP contribution in [-0.2, 0) is 77.0 Å². The molecule has 476 valence electrons. The van der Waals surface area contributed by atoms with Gasteiger partial charge in [0.05, 0.1) is 31.0 Å². The Labute approximate surface area is 499 Å². The summed E-state index contributed by atoms with van der Waals surface area (Å²) in [7, 11) is -5.12. The Bertz CT molecular complexity index is 3540. The number of alkyl halides is 2. The van der Waals surface area contributed by atoms with Gasteiger partial charge >= 0.3 is 34.7 Å². The Kier molecular flexibility index (Phi) is 20.9. The van der Waals surface area contributed by atoms with Gasteiger partial charge in [0.2, 0.25) is 18.1 Å². The topological polar surface area (TPSA) is 494 Å². The van der Waals surface area contributed by atoms with E-state index in [4.69, 9.17) is 47.7 Å². The van der Waals surface area contributed by atoms with Gasteiger partial charge in [-0.15, -0.1) is 18.5 Å². The number of carboxylic acid groups (broad SMARTS) is 1. The standard InChI is InChI=1S/C48H52F2N14O23P2/c1-61(48(75)80-14-21-2-3-25(85-46-36(71)34(69)35(70)38(86-46)45(72)73)24(12-21)59-28(66)6-8-52-27(65)7-9-62-29(67)4-5-30(62)68)10-11-79-47(74)60-40-33-42(56-18-54-40)64(20-58-33)44-31(50)37(26(84-44)16-81-88(76)77)87-89(78)82-15-22-13-23(49)43(83-22)63-19-57-32-39(51)53-17-55-41(32)63/h2-5,12,17-20,22-23,26,31,34-38,43-44,46,69-71H,6-11,13-16H2,1H3,(H5-2,51,52,53,54,55,56,59,60,65,66,72,73,74,76,77)/p+2. The van der Waals surface area contributed by atoms with E-state index in [9.17, 15) is 68.0 Å². The minimum absolute atomic E-state index is 0.0638. The maximum atomic E-state index is 16.4. The molecule has 37 nitrogen and oxygen atoms in total. The number of anilines is 3. The summed E-state index contributed by atoms with van der Waals surface area (Å²) >= 11 is 0. The van der Waals surface area contributed by atoms with Gasteiger partial charge in [0.25, 0.3) is 11.8 Å². The van der Waals surface area contributed by atoms with Crippen LogP contribution in [0.3, 0.4) is 0 Å². The number of rotatable bonds is 26. The number of likely N-dealkylation sites (N-methyl/N-ethyl adjacent to an activating group) is 1. The lowest BCUT2D eigenvalue weighted by Gasteiger charge is -2.38. The number of hydrogen-bond acceptors (Lipinski definition) is 28. The van der Waals surface area contributed by atoms with Crippen LogP contribution in [0.25, 0.3) is 22.3 Å². The molecule has 0 aliphatic carbocycles. The van der Waals surface area contributed by atoms with Crippen molar-refractivity contribution < 1.29 is 119 Å². The van der Waals surface area contributed by atoms with E-state index < -0.39 is 159 Å². The quantitative estimate of drug-likeness (QED) is 0.0253. The molecule has 0 saturated carbocycles. The third kappa shape index (κ3) is 15.5. The number of nitrogens with zero attached hydrogens (tertiary/aromatic N) is 10. The van der Waals surface area contributed by atoms with E-state index >= 15 is 8.78 Å². The van der Waals surface area contributed by atoms with Crippen LogP contribution in [0.15, 0.2) is 55.7 Å². The van der Waals surface area contributed by atoms with Crippen molar-refractivity contribution in [2.75, 3.05) is 62.9 Å². The lowest BCUT2D eigenvalue weighted by Crippen LogP contribution is -2.61. The van der Waals surface area contributed by atoms with Crippen LogP contribution in [0.4, 0.5) is 35.7 Å². The third-order valence-electron chi connectivity index (χ3n) is 13.7. The number of carboxylic acids is 1. The average molecular weight is 1290 g/mol. The van der Waals surface area contributed by atoms with Gasteiger partial charge in [0.1, 0.15) is 80.9 Å². The molecule has 0 bridgehead atoms. The summed E-state index contributed by atoms with van der Waals surface area (Å²) in [5, 5.41) is 47.9. The highest BCUT2D eigenvalue weighted by Crippen LogP contribution is 2.43. The molecule has 10 N–H and O–H groups in total. The molecule has 4 aliphatic heterocycles. The van der Waals surface area contributed by atoms with E-state index in [1.165, 1.54) is 42.5 Å². The second-order valence-electron chi connectivity index (χ2n) is 19.6. The number of imidazole rings is 2. The first-order valence-electron chi connectivity index (χ1n) is 26.4. The van der Waals surface area contributed by atoms with E-state index in [-0.39, 0.29) is 89.9 Å². The first kappa shape index (κ1) is 64.9. The first-order chi connectivity index (χ1) is 42.5. The fourth-order valence-electron chi connectivity index (χ4n) is 9.21. The molecule has 9 rings (SSSR count). The smallest absolute Gasteiger partial charge is 0.479 e. The number of fused-ring (bicyclic) bond motifs is 2. The number of imide groups is 1. The van der Waals surface area contributed by atoms with Crippen molar-refractivity contribution in [1.29, 1.82) is 0 Å². The van der Waals surface area contributed by atoms with Gasteiger partial charge in [-0.1, -0.05) is 6.07 Å². The largest absolute Gasteiger partial charge is 0.697 e. The summed E-state index contributed by atoms with van der Waals surface area (Å²) in [5.41, 5.74) is 6.06. The highest BCUT2D eigenvalue weighted by molar-refractivity contribution is 7.33. The lowest BCUT2D eigenvalue weighted by atomic mass is 9.99. The minimum Gasteiger partial charge on any atom is -0.479 e. The van der Waals surface area contributed by atoms with Crippen LogP contribution >= 0.6 is 16.5 Å². The monoisotopic (exact) mass is 1290 g/mol. The molecule has 6 amide bonds. The van der Waals surface area contributed by atoms with Gasteiger partial charge in [-0.3, -0.25) is 38.5 Å². The van der Waals surface area contributed by atoms with Gasteiger partial charge in [0, 0.05) is 60.7 Å². The number of nitrogen functional groups attached to an aromatic ring is 1. The number of nitrogens with two attached hydrogens (primary N) is 1. The number of aliphatic carboxylic acids is 1. The maximum Gasteiger partial charge on any atom is 0.697 e. The Morgan fingerprint density at radius 2 is 1.54 bits per heavy atom. The third-order valence-corrected chi connectivity index (χ3v) is 14.8. The number of ether oxygens (including phenoxy) is 6. The molecule has 41 heteroatoms. The molecule has 5 aromatic rings. The molecular weight excluding hydrogens is 1240 g/mol. The van der Waals surface area contributed by atoms with Crippen molar-refractivity contribution in [2.24, 2.45) is 0 Å². The van der Waals surface area contributed by atoms with Crippen molar-refractivity contribution in [3.63, 3.8) is 0 Å². The number of carbonyl (C=O) groups is 7. The molecule has 8 heterocycles. The molecule has 14 atom stereocenters. The number of halogens is 2. The molecular formula is C48H54F2N14O23P2+2. The van der Waals surface area contributed by atoms with Crippen LogP contribution in [0, 0.1) is 0 Å². The van der Waals surface area contributed by atoms with Crippen molar-refractivity contribution in [1.82, 2.24) is 54.2 Å². The number of nitrogens with one attached hydrogen (secondary N) is 3. The van der Waals surface area contributed by atoms with Gasteiger partial charge in [-0.25, -0.2) is 53.1 Å². The summed E-state index contributed by atoms with van der Waals surface area (Å²) < 4.78 is 107. The molecule has 89 heavy (non-hydrogen) atoms. The molecule has 4 aliphatic rings. The zero-order valence-electron chi connectivity index (χ0n) is 46.0. The fourth-order valence-corrected chi connectivity index (χ4v) is 10.3. The predicted octanol–water partition coefficient (Wildman–Crippen LogP) is -0.317. The number of aliphatic hydroxyl groups is 3. The van der Waals surface area contributed by atoms with Crippen LogP contribution in [0.1, 0.15) is 37.3 Å². The zero-order valence-corrected chi connectivity index (χ0v) is 47.8. The van der Waals surface area contributed by atoms with E-state index in [0.29, 0.717) is 0 Å². The highest BCUT2D eigenvalue weighted by Gasteiger charge is 2.54. The second kappa shape index (κ2) is 28.7. The second-order valence-corrected chi connectivity index (χ2v) is 21.3. The number of hydrogen-bond donors (Lipinski definition) is 9. The van der Waals surface area contributed by atoms with Gasteiger partial charge in [0.15, 0.2) is 59.3 Å². The molecule has 14 unspecified atom stereocenters. The van der Waals surface area contributed by atoms with Gasteiger partial charge in [-0.05, 0) is 17.7 Å². The number of amides is 6. The molecule has 4 aromatic heterocycles. The van der Waals surface area contributed by atoms with Crippen molar-refractivity contribution in [3.05, 3.63) is 61.2 Å². The summed E-state index contributed by atoms with van der Waals surface area (Å²) in [6.45, 7) is -2.82. The summed E-state index contributed by atoms with van der Waals surface area (Å²) in [6, 6.07) is 3.82. The Hall–Kier alpha value is -8.59. The first-order valence-corrected chi connectivity index (χ1v) is 28.7. The lowest BCUT2D eigenvalue weighted by molar-refractivity contribution is -0.271. The van der Waals surface area contributed by atoms with E-state index in [2.05, 4.69) is 45.9 Å². The average Bonchev–Trinajstić information content (AvgIpc) is 2.78. The van der Waals surface area contributed by atoms with Crippen molar-refractivity contribution >= 4 is 97.9 Å². The van der Waals surface area contributed by atoms with Crippen LogP contribution in [0.2, 0.25) is 0 Å². The number of benzene rings is 1. The molecule has 0 spiro atoms. The summed E-state index contributed by atoms with van der Waals surface area (Å²) in [5.74, 6) is -4.63. The SMILES string of the molecule is CN(CCOC(=O)Nc1ncnc2c1ncn2C1OC(CO[P+](=O)O)C(O[P+](=O)OCC2CC(F)C(n3cnc4c(N)ncnc43)O2)C1F)C(=O)OCc1ccc(OC2OC(C(=O)O)C(O)C(O)C2O)c(NC(=O)CCNC(=O)CCN2C(=O)C=CC2=O)c1. The number of aromatic nitrogens is 8. The molecule has 1 aromatic carbocycles. The van der Waals surface area contributed by atoms with Crippen molar-refractivity contribution in [3.8, 4) is 5.75 Å². The molecule has 3 saturated heterocycles. The predicted molar refractivity (Wildman–Crippen MR) is 287 cm³/mol. The number of aliphatic hydroxyl groups excluding tert-OH is 3. The normalized spacial score (nSPS) is 25.3. The van der Waals surface area contributed by atoms with Crippen LogP contribution in [0.5, 0.6) is 5.75 Å². The minimum atomic E-state index is -3.23. The van der Waals surface area contributed by atoms with Crippen molar-refractivity contribution in [2.45, 2.75) is 99.7 Å². The summed E-state index contributed by atoms with van der Waals surface area (Å²) in [4.78, 5) is 123.